The second kappa shape index (κ2) is 8.28. The number of carbonyl (C=O) groups excluding carboxylic acids is 1. The summed E-state index contributed by atoms with van der Waals surface area (Å²) in [5.74, 6) is -3.28. The molecule has 0 bridgehead atoms. The Bertz CT molecular complexity index is 1170. The third-order valence-corrected chi connectivity index (χ3v) is 5.91. The van der Waals surface area contributed by atoms with E-state index < -0.39 is 38.7 Å². The van der Waals surface area contributed by atoms with Crippen molar-refractivity contribution in [1.82, 2.24) is 9.97 Å². The molecule has 6 nitrogen and oxygen atoms in total. The van der Waals surface area contributed by atoms with Crippen molar-refractivity contribution < 1.29 is 22.0 Å². The van der Waals surface area contributed by atoms with Crippen LogP contribution in [-0.2, 0) is 22.9 Å². The highest BCUT2D eigenvalue weighted by atomic mass is 32.2. The van der Waals surface area contributed by atoms with E-state index in [4.69, 9.17) is 0 Å². The molecule has 0 aliphatic heterocycles. The lowest BCUT2D eigenvalue weighted by Crippen LogP contribution is -2.19. The third-order valence-electron chi connectivity index (χ3n) is 4.44. The smallest absolute Gasteiger partial charge is 0.232 e. The minimum atomic E-state index is -3.78. The fourth-order valence-corrected chi connectivity index (χ4v) is 4.19. The van der Waals surface area contributed by atoms with Crippen molar-refractivity contribution >= 4 is 32.5 Å². The van der Waals surface area contributed by atoms with Crippen LogP contribution < -0.4 is 4.72 Å². The lowest BCUT2D eigenvalue weighted by molar-refractivity contribution is 0.0985. The monoisotopic (exact) mass is 421 g/mol. The summed E-state index contributed by atoms with van der Waals surface area (Å²) in [6, 6.07) is 5.48. The number of rotatable bonds is 8. The summed E-state index contributed by atoms with van der Waals surface area (Å²) in [7, 11) is -3.78. The number of H-pyrrole nitrogens is 1. The number of Topliss-reactive ketones (excluding diaryl/α,β-unsaturated/α-hetero) is 1. The van der Waals surface area contributed by atoms with Crippen LogP contribution in [0.2, 0.25) is 0 Å². The molecule has 1 aromatic carbocycles. The van der Waals surface area contributed by atoms with Gasteiger partial charge in [-0.15, -0.1) is 0 Å². The second-order valence-electron chi connectivity index (χ2n) is 6.73. The summed E-state index contributed by atoms with van der Waals surface area (Å²) in [5.41, 5.74) is 0.933. The molecule has 29 heavy (non-hydrogen) atoms. The van der Waals surface area contributed by atoms with Gasteiger partial charge in [-0.2, -0.15) is 0 Å². The number of aryl methyl sites for hydroxylation is 1. The first kappa shape index (κ1) is 20.9. The van der Waals surface area contributed by atoms with E-state index in [-0.39, 0.29) is 12.2 Å². The van der Waals surface area contributed by atoms with E-state index in [0.29, 0.717) is 17.6 Å². The van der Waals surface area contributed by atoms with E-state index in [1.807, 2.05) is 13.0 Å². The first-order valence-corrected chi connectivity index (χ1v) is 10.9. The average molecular weight is 421 g/mol. The van der Waals surface area contributed by atoms with Gasteiger partial charge in [0.1, 0.15) is 11.5 Å². The van der Waals surface area contributed by atoms with Crippen LogP contribution in [-0.4, -0.2) is 29.9 Å². The van der Waals surface area contributed by atoms with Crippen molar-refractivity contribution in [2.75, 3.05) is 10.5 Å². The number of nitrogens with zero attached hydrogens (tertiary/aromatic N) is 1. The lowest BCUT2D eigenvalue weighted by Gasteiger charge is -2.11. The SMILES string of the molecule is CCCS(=O)(=O)Nc1ccc(F)c(C(=O)Cc2cnc3[nH]c(CC)cc3c2)c1F. The summed E-state index contributed by atoms with van der Waals surface area (Å²) in [6.07, 6.45) is 2.33. The summed E-state index contributed by atoms with van der Waals surface area (Å²) in [6.45, 7) is 3.65. The molecule has 9 heteroatoms. The Labute approximate surface area is 167 Å². The Morgan fingerprint density at radius 2 is 1.97 bits per heavy atom. The molecule has 154 valence electrons. The number of anilines is 1. The van der Waals surface area contributed by atoms with E-state index in [9.17, 15) is 22.0 Å². The summed E-state index contributed by atoms with van der Waals surface area (Å²) in [5, 5.41) is 0.800. The zero-order valence-electron chi connectivity index (χ0n) is 16.1. The molecule has 2 heterocycles. The van der Waals surface area contributed by atoms with E-state index in [1.165, 1.54) is 6.20 Å². The normalized spacial score (nSPS) is 11.7. The van der Waals surface area contributed by atoms with Gasteiger partial charge < -0.3 is 4.98 Å². The molecule has 0 spiro atoms. The van der Waals surface area contributed by atoms with Gasteiger partial charge in [-0.25, -0.2) is 22.2 Å². The van der Waals surface area contributed by atoms with Gasteiger partial charge in [-0.1, -0.05) is 13.8 Å². The topological polar surface area (TPSA) is 91.9 Å². The molecule has 2 aromatic heterocycles. The average Bonchev–Trinajstić information content (AvgIpc) is 3.06. The highest BCUT2D eigenvalue weighted by molar-refractivity contribution is 7.92. The van der Waals surface area contributed by atoms with E-state index >= 15 is 0 Å². The van der Waals surface area contributed by atoms with Crippen LogP contribution in [0, 0.1) is 11.6 Å². The Balaban J connectivity index is 1.89. The number of aromatic nitrogens is 2. The predicted molar refractivity (Wildman–Crippen MR) is 108 cm³/mol. The van der Waals surface area contributed by atoms with Crippen LogP contribution in [0.25, 0.3) is 11.0 Å². The highest BCUT2D eigenvalue weighted by Crippen LogP contribution is 2.24. The Morgan fingerprint density at radius 1 is 1.21 bits per heavy atom. The van der Waals surface area contributed by atoms with Gasteiger partial charge in [0.2, 0.25) is 10.0 Å². The van der Waals surface area contributed by atoms with Gasteiger partial charge in [-0.05, 0) is 42.7 Å². The van der Waals surface area contributed by atoms with Crippen LogP contribution in [0.3, 0.4) is 0 Å². The number of sulfonamides is 1. The van der Waals surface area contributed by atoms with Gasteiger partial charge in [-0.3, -0.25) is 9.52 Å². The number of benzene rings is 1. The molecule has 2 N–H and O–H groups in total. The summed E-state index contributed by atoms with van der Waals surface area (Å²) >= 11 is 0. The number of hydrogen-bond donors (Lipinski definition) is 2. The zero-order valence-corrected chi connectivity index (χ0v) is 16.9. The van der Waals surface area contributed by atoms with Crippen molar-refractivity contribution in [3.63, 3.8) is 0 Å². The number of carbonyl (C=O) groups is 1. The molecule has 0 amide bonds. The van der Waals surface area contributed by atoms with Crippen molar-refractivity contribution in [3.8, 4) is 0 Å². The van der Waals surface area contributed by atoms with Crippen molar-refractivity contribution in [2.24, 2.45) is 0 Å². The number of halogens is 2. The van der Waals surface area contributed by atoms with Gasteiger partial charge in [0.15, 0.2) is 11.6 Å². The number of ketones is 1. The Morgan fingerprint density at radius 3 is 2.66 bits per heavy atom. The van der Waals surface area contributed by atoms with Crippen molar-refractivity contribution in [1.29, 1.82) is 0 Å². The third kappa shape index (κ3) is 4.61. The highest BCUT2D eigenvalue weighted by Gasteiger charge is 2.23. The van der Waals surface area contributed by atoms with Crippen LogP contribution in [0.4, 0.5) is 14.5 Å². The Hall–Kier alpha value is -2.81. The minimum absolute atomic E-state index is 0.213. The molecule has 0 radical (unpaired) electrons. The molecular weight excluding hydrogens is 400 g/mol. The molecule has 0 atom stereocenters. The van der Waals surface area contributed by atoms with Crippen molar-refractivity contribution in [3.05, 3.63) is 58.9 Å². The maximum absolute atomic E-state index is 14.8. The molecule has 0 fully saturated rings. The maximum atomic E-state index is 14.8. The molecule has 0 saturated heterocycles. The van der Waals surface area contributed by atoms with Gasteiger partial charge in [0.05, 0.1) is 17.0 Å². The van der Waals surface area contributed by atoms with Gasteiger partial charge >= 0.3 is 0 Å². The molecule has 3 rings (SSSR count). The van der Waals surface area contributed by atoms with Crippen LogP contribution in [0.5, 0.6) is 0 Å². The number of aromatic amines is 1. The van der Waals surface area contributed by atoms with E-state index in [2.05, 4.69) is 14.7 Å². The predicted octanol–water partition coefficient (Wildman–Crippen LogP) is 3.98. The summed E-state index contributed by atoms with van der Waals surface area (Å²) < 4.78 is 54.8. The molecular formula is C20H21F2N3O3S. The number of fused-ring (bicyclic) bond motifs is 1. The number of pyridine rings is 1. The van der Waals surface area contributed by atoms with Crippen LogP contribution in [0.15, 0.2) is 30.5 Å². The number of hydrogen-bond acceptors (Lipinski definition) is 4. The summed E-state index contributed by atoms with van der Waals surface area (Å²) in [4.78, 5) is 20.0. The maximum Gasteiger partial charge on any atom is 0.232 e. The Kier molecular flexibility index (Phi) is 5.97. The quantitative estimate of drug-likeness (QED) is 0.538. The second-order valence-corrected chi connectivity index (χ2v) is 8.58. The molecule has 0 saturated carbocycles. The van der Waals surface area contributed by atoms with E-state index in [0.717, 1.165) is 29.6 Å². The van der Waals surface area contributed by atoms with Crippen LogP contribution >= 0.6 is 0 Å². The zero-order chi connectivity index (χ0) is 21.2. The fourth-order valence-electron chi connectivity index (χ4n) is 3.05. The minimum Gasteiger partial charge on any atom is -0.343 e. The first-order valence-electron chi connectivity index (χ1n) is 9.22. The van der Waals surface area contributed by atoms with Crippen LogP contribution in [0.1, 0.15) is 41.9 Å². The number of nitrogens with one attached hydrogen (secondary N) is 2. The first-order chi connectivity index (χ1) is 13.7. The van der Waals surface area contributed by atoms with E-state index in [1.54, 1.807) is 13.0 Å². The molecule has 0 aliphatic carbocycles. The molecule has 0 aliphatic rings. The van der Waals surface area contributed by atoms with Gasteiger partial charge in [0, 0.05) is 23.7 Å². The fraction of sp³-hybridized carbons (Fsp3) is 0.300. The largest absolute Gasteiger partial charge is 0.343 e. The molecule has 3 aromatic rings. The van der Waals surface area contributed by atoms with Crippen molar-refractivity contribution in [2.45, 2.75) is 33.1 Å². The van der Waals surface area contributed by atoms with Gasteiger partial charge in [0.25, 0.3) is 0 Å². The lowest BCUT2D eigenvalue weighted by atomic mass is 10.0. The standard InChI is InChI=1S/C20H21F2N3O3S/c1-3-7-29(27,28)25-16-6-5-15(21)18(19(16)22)17(26)9-12-8-13-10-14(4-2)24-20(13)23-11-12/h5-6,8,10-11,25H,3-4,7,9H2,1-2H3,(H,23,24). The molecule has 0 unspecified atom stereocenters.